The zero-order valence-electron chi connectivity index (χ0n) is 13.8. The number of aliphatic hydroxyl groups excluding tert-OH is 1. The van der Waals surface area contributed by atoms with Gasteiger partial charge in [0.15, 0.2) is 0 Å². The number of aliphatic hydroxyl groups is 1. The summed E-state index contributed by atoms with van der Waals surface area (Å²) in [7, 11) is 0. The lowest BCUT2D eigenvalue weighted by Crippen LogP contribution is -2.31. The Balaban J connectivity index is 1.93. The monoisotopic (exact) mass is 292 g/mol. The summed E-state index contributed by atoms with van der Waals surface area (Å²) < 4.78 is 13.3. The minimum absolute atomic E-state index is 0.209. The van der Waals surface area contributed by atoms with Gasteiger partial charge in [0.25, 0.3) is 0 Å². The minimum Gasteiger partial charge on any atom is -0.392 e. The van der Waals surface area contributed by atoms with Crippen molar-refractivity contribution in [3.8, 4) is 0 Å². The van der Waals surface area contributed by atoms with Gasteiger partial charge in [-0.1, -0.05) is 26.8 Å². The van der Waals surface area contributed by atoms with Gasteiger partial charge in [0.05, 0.1) is 6.10 Å². The predicted octanol–water partition coefficient (Wildman–Crippen LogP) is 4.89. The van der Waals surface area contributed by atoms with Crippen LogP contribution in [0.5, 0.6) is 0 Å². The van der Waals surface area contributed by atoms with Crippen molar-refractivity contribution < 1.29 is 9.50 Å². The largest absolute Gasteiger partial charge is 0.392 e. The van der Waals surface area contributed by atoms with Crippen molar-refractivity contribution in [2.75, 3.05) is 0 Å². The molecule has 21 heavy (non-hydrogen) atoms. The van der Waals surface area contributed by atoms with Crippen LogP contribution in [0, 0.1) is 30.0 Å². The van der Waals surface area contributed by atoms with E-state index in [1.807, 2.05) is 6.92 Å². The molecule has 0 bridgehead atoms. The second-order valence-electron chi connectivity index (χ2n) is 7.82. The first-order valence-corrected chi connectivity index (χ1v) is 8.20. The summed E-state index contributed by atoms with van der Waals surface area (Å²) >= 11 is 0. The van der Waals surface area contributed by atoms with E-state index >= 15 is 0 Å². The molecule has 0 saturated heterocycles. The normalized spacial score (nSPS) is 24.9. The lowest BCUT2D eigenvalue weighted by molar-refractivity contribution is 0.0536. The first-order valence-electron chi connectivity index (χ1n) is 8.20. The van der Waals surface area contributed by atoms with Crippen molar-refractivity contribution in [3.63, 3.8) is 0 Å². The zero-order chi connectivity index (χ0) is 15.6. The van der Waals surface area contributed by atoms with Gasteiger partial charge in [0.2, 0.25) is 0 Å². The highest BCUT2D eigenvalue weighted by Gasteiger charge is 2.32. The molecule has 2 rings (SSSR count). The van der Waals surface area contributed by atoms with Gasteiger partial charge in [-0.05, 0) is 79.5 Å². The summed E-state index contributed by atoms with van der Waals surface area (Å²) in [5.41, 5.74) is 2.38. The average molecular weight is 292 g/mol. The lowest BCUT2D eigenvalue weighted by Gasteiger charge is -2.38. The van der Waals surface area contributed by atoms with Crippen LogP contribution in [0.3, 0.4) is 0 Å². The van der Waals surface area contributed by atoms with Crippen LogP contribution in [0.15, 0.2) is 18.2 Å². The third-order valence-electron chi connectivity index (χ3n) is 5.28. The van der Waals surface area contributed by atoms with Crippen molar-refractivity contribution in [3.05, 3.63) is 35.1 Å². The second-order valence-corrected chi connectivity index (χ2v) is 7.82. The van der Waals surface area contributed by atoms with E-state index in [1.54, 1.807) is 12.1 Å². The molecule has 1 fully saturated rings. The molecular weight excluding hydrogens is 263 g/mol. The molecule has 1 nitrogen and oxygen atoms in total. The number of aryl methyl sites for hydroxylation is 1. The Hall–Kier alpha value is -0.890. The molecule has 1 saturated carbocycles. The molecule has 0 amide bonds. The van der Waals surface area contributed by atoms with Crippen LogP contribution in [-0.4, -0.2) is 11.2 Å². The van der Waals surface area contributed by atoms with E-state index in [0.29, 0.717) is 17.8 Å². The Kier molecular flexibility index (Phi) is 5.08. The lowest BCUT2D eigenvalue weighted by atomic mass is 9.68. The fraction of sp³-hybridized carbons (Fsp3) is 0.684. The number of hydrogen-bond donors (Lipinski definition) is 1. The first kappa shape index (κ1) is 16.5. The topological polar surface area (TPSA) is 20.2 Å². The highest BCUT2D eigenvalue weighted by Crippen LogP contribution is 2.41. The maximum atomic E-state index is 13.3. The molecule has 0 heterocycles. The molecule has 0 aliphatic heterocycles. The quantitative estimate of drug-likeness (QED) is 0.841. The fourth-order valence-corrected chi connectivity index (χ4v) is 3.62. The molecule has 1 aliphatic rings. The third-order valence-corrected chi connectivity index (χ3v) is 5.28. The second kappa shape index (κ2) is 6.48. The Morgan fingerprint density at radius 1 is 1.19 bits per heavy atom. The molecule has 0 spiro atoms. The SMILES string of the molecule is Cc1ccc(F)cc1CC(O)C1CCC(C(C)(C)C)CC1. The van der Waals surface area contributed by atoms with Crippen LogP contribution >= 0.6 is 0 Å². The molecule has 1 aliphatic carbocycles. The van der Waals surface area contributed by atoms with E-state index in [9.17, 15) is 9.50 Å². The standard InChI is InChI=1S/C19H29FO/c1-13-5-10-17(20)11-15(13)12-18(21)14-6-8-16(9-7-14)19(2,3)4/h5,10-11,14,16,18,21H,6-9,12H2,1-4H3. The molecule has 1 N–H and O–H groups in total. The van der Waals surface area contributed by atoms with Gasteiger partial charge in [-0.3, -0.25) is 0 Å². The van der Waals surface area contributed by atoms with Gasteiger partial charge < -0.3 is 5.11 Å². The van der Waals surface area contributed by atoms with Crippen LogP contribution in [0.25, 0.3) is 0 Å². The average Bonchev–Trinajstić information content (AvgIpc) is 2.42. The molecule has 1 atom stereocenters. The molecular formula is C19H29FO. The Labute approximate surface area is 128 Å². The van der Waals surface area contributed by atoms with Crippen LogP contribution in [-0.2, 0) is 6.42 Å². The summed E-state index contributed by atoms with van der Waals surface area (Å²) in [5, 5.41) is 10.5. The van der Waals surface area contributed by atoms with Crippen LogP contribution in [0.2, 0.25) is 0 Å². The zero-order valence-corrected chi connectivity index (χ0v) is 13.8. The highest BCUT2D eigenvalue weighted by molar-refractivity contribution is 5.27. The van der Waals surface area contributed by atoms with Gasteiger partial charge in [0, 0.05) is 0 Å². The number of rotatable bonds is 3. The Bertz CT molecular complexity index is 467. The molecule has 0 aromatic heterocycles. The molecule has 2 heteroatoms. The van der Waals surface area contributed by atoms with E-state index in [4.69, 9.17) is 0 Å². The third kappa shape index (κ3) is 4.29. The first-order chi connectivity index (χ1) is 9.77. The van der Waals surface area contributed by atoms with Crippen LogP contribution in [0.1, 0.15) is 57.6 Å². The maximum Gasteiger partial charge on any atom is 0.123 e. The van der Waals surface area contributed by atoms with E-state index in [2.05, 4.69) is 20.8 Å². The van der Waals surface area contributed by atoms with E-state index in [-0.39, 0.29) is 11.9 Å². The summed E-state index contributed by atoms with van der Waals surface area (Å²) in [5.74, 6) is 0.919. The van der Waals surface area contributed by atoms with Crippen LogP contribution < -0.4 is 0 Å². The fourth-order valence-electron chi connectivity index (χ4n) is 3.62. The molecule has 1 aromatic carbocycles. The Morgan fingerprint density at radius 2 is 1.81 bits per heavy atom. The Morgan fingerprint density at radius 3 is 2.38 bits per heavy atom. The van der Waals surface area contributed by atoms with Gasteiger partial charge in [-0.2, -0.15) is 0 Å². The number of halogens is 1. The van der Waals surface area contributed by atoms with Gasteiger partial charge in [0.1, 0.15) is 5.82 Å². The van der Waals surface area contributed by atoms with E-state index in [1.165, 1.54) is 18.9 Å². The summed E-state index contributed by atoms with van der Waals surface area (Å²) in [6.45, 7) is 8.91. The molecule has 0 radical (unpaired) electrons. The molecule has 1 unspecified atom stereocenters. The summed E-state index contributed by atoms with van der Waals surface area (Å²) in [6.07, 6.45) is 4.83. The molecule has 1 aromatic rings. The number of benzene rings is 1. The van der Waals surface area contributed by atoms with Gasteiger partial charge >= 0.3 is 0 Å². The van der Waals surface area contributed by atoms with E-state index in [0.717, 1.165) is 29.9 Å². The van der Waals surface area contributed by atoms with Gasteiger partial charge in [-0.15, -0.1) is 0 Å². The van der Waals surface area contributed by atoms with Crippen molar-refractivity contribution in [2.45, 2.75) is 65.9 Å². The summed E-state index contributed by atoms with van der Waals surface area (Å²) in [4.78, 5) is 0. The number of hydrogen-bond acceptors (Lipinski definition) is 1. The predicted molar refractivity (Wildman–Crippen MR) is 85.8 cm³/mol. The summed E-state index contributed by atoms with van der Waals surface area (Å²) in [6, 6.07) is 4.85. The van der Waals surface area contributed by atoms with Crippen molar-refractivity contribution >= 4 is 0 Å². The van der Waals surface area contributed by atoms with Crippen molar-refractivity contribution in [1.29, 1.82) is 0 Å². The van der Waals surface area contributed by atoms with Crippen molar-refractivity contribution in [2.24, 2.45) is 17.3 Å². The van der Waals surface area contributed by atoms with Gasteiger partial charge in [-0.25, -0.2) is 4.39 Å². The smallest absolute Gasteiger partial charge is 0.123 e. The van der Waals surface area contributed by atoms with Crippen LogP contribution in [0.4, 0.5) is 4.39 Å². The van der Waals surface area contributed by atoms with Crippen molar-refractivity contribution in [1.82, 2.24) is 0 Å². The van der Waals surface area contributed by atoms with E-state index < -0.39 is 0 Å². The highest BCUT2D eigenvalue weighted by atomic mass is 19.1. The molecule has 118 valence electrons. The minimum atomic E-state index is -0.341. The maximum absolute atomic E-state index is 13.3.